The van der Waals surface area contributed by atoms with Crippen molar-refractivity contribution in [2.45, 2.75) is 12.3 Å². The lowest BCUT2D eigenvalue weighted by Gasteiger charge is -2.06. The molecular weight excluding hydrogens is 380 g/mol. The van der Waals surface area contributed by atoms with E-state index in [1.54, 1.807) is 22.7 Å². The molecule has 5 heteroatoms. The van der Waals surface area contributed by atoms with Crippen LogP contribution in [0.4, 0.5) is 0 Å². The zero-order chi connectivity index (χ0) is 11.0. The molecule has 80 valence electrons. The minimum Gasteiger partial charge on any atom is -0.146 e. The average Bonchev–Trinajstić information content (AvgIpc) is 2.71. The van der Waals surface area contributed by atoms with Crippen molar-refractivity contribution in [2.75, 3.05) is 0 Å². The summed E-state index contributed by atoms with van der Waals surface area (Å²) in [7, 11) is 0. The van der Waals surface area contributed by atoms with Gasteiger partial charge in [-0.15, -0.1) is 34.3 Å². The number of hydrogen-bond acceptors (Lipinski definition) is 2. The van der Waals surface area contributed by atoms with Gasteiger partial charge in [-0.2, -0.15) is 0 Å². The lowest BCUT2D eigenvalue weighted by Crippen LogP contribution is -1.87. The second-order valence-corrected chi connectivity index (χ2v) is 7.45. The molecule has 0 radical (unpaired) electrons. The van der Waals surface area contributed by atoms with E-state index in [-0.39, 0.29) is 5.38 Å². The van der Waals surface area contributed by atoms with Crippen molar-refractivity contribution in [2.24, 2.45) is 0 Å². The zero-order valence-electron chi connectivity index (χ0n) is 7.76. The number of thiophene rings is 2. The van der Waals surface area contributed by atoms with Crippen molar-refractivity contribution < 1.29 is 0 Å². The Kier molecular flexibility index (Phi) is 3.94. The molecular formula is C10H7Br2ClS2. The fourth-order valence-corrected chi connectivity index (χ4v) is 5.59. The summed E-state index contributed by atoms with van der Waals surface area (Å²) in [6, 6.07) is 4.14. The van der Waals surface area contributed by atoms with Gasteiger partial charge in [0.2, 0.25) is 0 Å². The van der Waals surface area contributed by atoms with Crippen LogP contribution in [0.3, 0.4) is 0 Å². The summed E-state index contributed by atoms with van der Waals surface area (Å²) in [4.78, 5) is 3.62. The molecule has 1 unspecified atom stereocenters. The minimum atomic E-state index is -0.0625. The van der Waals surface area contributed by atoms with Crippen LogP contribution >= 0.6 is 66.1 Å². The molecule has 0 aliphatic heterocycles. The third kappa shape index (κ3) is 2.50. The molecule has 0 N–H and O–H groups in total. The highest BCUT2D eigenvalue weighted by Crippen LogP contribution is 2.43. The van der Waals surface area contributed by atoms with Gasteiger partial charge in [-0.3, -0.25) is 0 Å². The zero-order valence-corrected chi connectivity index (χ0v) is 13.3. The number of halogens is 3. The molecule has 0 aromatic carbocycles. The number of aryl methyl sites for hydroxylation is 1. The topological polar surface area (TPSA) is 0 Å². The van der Waals surface area contributed by atoms with Gasteiger partial charge in [-0.25, -0.2) is 0 Å². The van der Waals surface area contributed by atoms with Gasteiger partial charge in [-0.05, 0) is 56.3 Å². The van der Waals surface area contributed by atoms with Crippen molar-refractivity contribution in [1.82, 2.24) is 0 Å². The van der Waals surface area contributed by atoms with Crippen LogP contribution in [0.25, 0.3) is 0 Å². The van der Waals surface area contributed by atoms with E-state index in [4.69, 9.17) is 11.6 Å². The van der Waals surface area contributed by atoms with Gasteiger partial charge in [0.25, 0.3) is 0 Å². The molecule has 2 aromatic heterocycles. The van der Waals surface area contributed by atoms with Gasteiger partial charge >= 0.3 is 0 Å². The van der Waals surface area contributed by atoms with Gasteiger partial charge in [-0.1, -0.05) is 0 Å². The third-order valence-electron chi connectivity index (χ3n) is 1.94. The molecule has 0 aliphatic rings. The summed E-state index contributed by atoms with van der Waals surface area (Å²) in [5.41, 5.74) is 0. The first-order chi connectivity index (χ1) is 7.09. The van der Waals surface area contributed by atoms with E-state index in [1.807, 2.05) is 11.4 Å². The van der Waals surface area contributed by atoms with Crippen LogP contribution in [0.2, 0.25) is 0 Å². The Bertz CT molecular complexity index is 475. The van der Waals surface area contributed by atoms with Crippen LogP contribution in [0, 0.1) is 6.92 Å². The van der Waals surface area contributed by atoms with E-state index >= 15 is 0 Å². The highest BCUT2D eigenvalue weighted by molar-refractivity contribution is 9.11. The summed E-state index contributed by atoms with van der Waals surface area (Å²) >= 11 is 16.9. The second kappa shape index (κ2) is 4.88. The Morgan fingerprint density at radius 3 is 2.47 bits per heavy atom. The standard InChI is InChI=1S/C10H7Br2ClS2/c1-5-4-7(12)10(15-5)8(13)9-6(11)2-3-14-9/h2-4,8H,1H3. The molecule has 0 saturated heterocycles. The van der Waals surface area contributed by atoms with Crippen LogP contribution in [0.1, 0.15) is 20.0 Å². The number of alkyl halides is 1. The van der Waals surface area contributed by atoms with Crippen LogP contribution < -0.4 is 0 Å². The number of rotatable bonds is 2. The van der Waals surface area contributed by atoms with Crippen LogP contribution in [0.15, 0.2) is 26.5 Å². The molecule has 0 fully saturated rings. The summed E-state index contributed by atoms with van der Waals surface area (Å²) in [5, 5.41) is 1.98. The normalized spacial score (nSPS) is 13.1. The predicted octanol–water partition coefficient (Wildman–Crippen LogP) is 5.97. The Hall–Kier alpha value is 0.650. The minimum absolute atomic E-state index is 0.0625. The van der Waals surface area contributed by atoms with E-state index in [0.717, 1.165) is 8.95 Å². The maximum absolute atomic E-state index is 6.46. The van der Waals surface area contributed by atoms with Crippen LogP contribution in [-0.4, -0.2) is 0 Å². The summed E-state index contributed by atoms with van der Waals surface area (Å²) in [6.07, 6.45) is 0. The summed E-state index contributed by atoms with van der Waals surface area (Å²) in [6.45, 7) is 2.09. The highest BCUT2D eigenvalue weighted by Gasteiger charge is 2.19. The first kappa shape index (κ1) is 12.1. The highest BCUT2D eigenvalue weighted by atomic mass is 79.9. The Balaban J connectivity index is 2.40. The maximum Gasteiger partial charge on any atom is 0.104 e. The van der Waals surface area contributed by atoms with Gasteiger partial charge in [0.15, 0.2) is 0 Å². The predicted molar refractivity (Wildman–Crippen MR) is 76.5 cm³/mol. The van der Waals surface area contributed by atoms with Crippen LogP contribution in [-0.2, 0) is 0 Å². The van der Waals surface area contributed by atoms with E-state index in [0.29, 0.717) is 0 Å². The molecule has 15 heavy (non-hydrogen) atoms. The van der Waals surface area contributed by atoms with Crippen molar-refractivity contribution in [3.05, 3.63) is 41.1 Å². The SMILES string of the molecule is Cc1cc(Br)c(C(Cl)c2sccc2Br)s1. The molecule has 1 atom stereocenters. The molecule has 2 aromatic rings. The summed E-state index contributed by atoms with van der Waals surface area (Å²) in [5.74, 6) is 0. The Labute approximate surface area is 119 Å². The lowest BCUT2D eigenvalue weighted by atomic mass is 10.3. The van der Waals surface area contributed by atoms with Gasteiger partial charge < -0.3 is 0 Å². The van der Waals surface area contributed by atoms with E-state index in [1.165, 1.54) is 14.6 Å². The van der Waals surface area contributed by atoms with Crippen molar-refractivity contribution in [3.8, 4) is 0 Å². The second-order valence-electron chi connectivity index (χ2n) is 3.06. The third-order valence-corrected chi connectivity index (χ3v) is 6.61. The van der Waals surface area contributed by atoms with Crippen molar-refractivity contribution >= 4 is 66.1 Å². The first-order valence-corrected chi connectivity index (χ1v) is 7.94. The molecule has 0 nitrogen and oxygen atoms in total. The van der Waals surface area contributed by atoms with Gasteiger partial charge in [0.05, 0.1) is 0 Å². The quantitative estimate of drug-likeness (QED) is 0.558. The molecule has 2 heterocycles. The fraction of sp³-hybridized carbons (Fsp3) is 0.200. The number of hydrogen-bond donors (Lipinski definition) is 0. The summed E-state index contributed by atoms with van der Waals surface area (Å²) < 4.78 is 2.19. The largest absolute Gasteiger partial charge is 0.146 e. The first-order valence-electron chi connectivity index (χ1n) is 4.22. The molecule has 0 aliphatic carbocycles. The average molecular weight is 387 g/mol. The van der Waals surface area contributed by atoms with E-state index < -0.39 is 0 Å². The molecule has 0 bridgehead atoms. The van der Waals surface area contributed by atoms with E-state index in [9.17, 15) is 0 Å². The van der Waals surface area contributed by atoms with Crippen molar-refractivity contribution in [1.29, 1.82) is 0 Å². The Morgan fingerprint density at radius 1 is 1.27 bits per heavy atom. The lowest BCUT2D eigenvalue weighted by molar-refractivity contribution is 1.21. The van der Waals surface area contributed by atoms with E-state index in [2.05, 4.69) is 44.8 Å². The van der Waals surface area contributed by atoms with Crippen molar-refractivity contribution in [3.63, 3.8) is 0 Å². The Morgan fingerprint density at radius 2 is 2.00 bits per heavy atom. The molecule has 0 spiro atoms. The molecule has 0 saturated carbocycles. The molecule has 0 amide bonds. The van der Waals surface area contributed by atoms with Crippen LogP contribution in [0.5, 0.6) is 0 Å². The smallest absolute Gasteiger partial charge is 0.104 e. The monoisotopic (exact) mass is 384 g/mol. The molecule has 2 rings (SSSR count). The maximum atomic E-state index is 6.46. The van der Waals surface area contributed by atoms with Gasteiger partial charge in [0.1, 0.15) is 5.38 Å². The van der Waals surface area contributed by atoms with Gasteiger partial charge in [0, 0.05) is 23.6 Å². The fourth-order valence-electron chi connectivity index (χ4n) is 1.28.